The number of sulfonamides is 1. The van der Waals surface area contributed by atoms with Gasteiger partial charge >= 0.3 is 0 Å². The van der Waals surface area contributed by atoms with Crippen molar-refractivity contribution in [2.45, 2.75) is 81.2 Å². The van der Waals surface area contributed by atoms with Gasteiger partial charge in [-0.2, -0.15) is 4.31 Å². The second-order valence-corrected chi connectivity index (χ2v) is 12.8. The van der Waals surface area contributed by atoms with Gasteiger partial charge in [0.2, 0.25) is 10.0 Å². The predicted molar refractivity (Wildman–Crippen MR) is 118 cm³/mol. The van der Waals surface area contributed by atoms with E-state index in [-0.39, 0.29) is 17.6 Å². The number of halogens is 1. The van der Waals surface area contributed by atoms with Crippen molar-refractivity contribution in [1.29, 1.82) is 0 Å². The van der Waals surface area contributed by atoms with Crippen LogP contribution < -0.4 is 0 Å². The molecule has 3 atom stereocenters. The molecule has 0 bridgehead atoms. The number of hydrogen-bond acceptors (Lipinski definition) is 5. The van der Waals surface area contributed by atoms with E-state index in [2.05, 4.69) is 22.9 Å². The lowest BCUT2D eigenvalue weighted by Crippen LogP contribution is -2.45. The van der Waals surface area contributed by atoms with Crippen LogP contribution in [0.1, 0.15) is 52.9 Å². The highest BCUT2D eigenvalue weighted by molar-refractivity contribution is 9.10. The Morgan fingerprint density at radius 3 is 2.37 bits per heavy atom. The van der Waals surface area contributed by atoms with E-state index in [4.69, 9.17) is 9.47 Å². The lowest BCUT2D eigenvalue weighted by Gasteiger charge is -2.38. The van der Waals surface area contributed by atoms with Gasteiger partial charge in [-0.25, -0.2) is 8.42 Å². The Balaban J connectivity index is 1.39. The van der Waals surface area contributed by atoms with Gasteiger partial charge in [0.15, 0.2) is 0 Å². The van der Waals surface area contributed by atoms with Gasteiger partial charge < -0.3 is 14.6 Å². The number of ether oxygens (including phenoxy) is 2. The zero-order chi connectivity index (χ0) is 21.8. The molecular formula is C22H32BrNO5S. The molecule has 3 fully saturated rings. The summed E-state index contributed by atoms with van der Waals surface area (Å²) in [4.78, 5) is 0.340. The lowest BCUT2D eigenvalue weighted by molar-refractivity contribution is -0.155. The summed E-state index contributed by atoms with van der Waals surface area (Å²) in [7, 11) is -3.47. The second kappa shape index (κ2) is 7.81. The summed E-state index contributed by atoms with van der Waals surface area (Å²) in [6.07, 6.45) is 3.97. The minimum absolute atomic E-state index is 0.00952. The van der Waals surface area contributed by atoms with Gasteiger partial charge in [0.1, 0.15) is 0 Å². The standard InChI is InChI=1S/C22H32BrNO5S/c1-20(2,25)18-8-9-21(3,29-18)19-14-22(15-28-19)10-12-24(13-11-22)30(26,27)17-6-4-16(23)5-7-17/h4-7,18-19,25H,8-15H2,1-3H3/t18-,19-,21+/m0/s1. The third-order valence-electron chi connectivity index (χ3n) is 7.23. The zero-order valence-electron chi connectivity index (χ0n) is 17.9. The topological polar surface area (TPSA) is 76.1 Å². The molecule has 1 spiro atoms. The molecule has 1 aromatic rings. The van der Waals surface area contributed by atoms with Crippen molar-refractivity contribution < 1.29 is 23.0 Å². The van der Waals surface area contributed by atoms with Crippen molar-refractivity contribution in [2.75, 3.05) is 19.7 Å². The lowest BCUT2D eigenvalue weighted by atomic mass is 9.75. The van der Waals surface area contributed by atoms with Gasteiger partial charge in [-0.05, 0) is 82.6 Å². The van der Waals surface area contributed by atoms with Crippen molar-refractivity contribution >= 4 is 26.0 Å². The average Bonchev–Trinajstić information content (AvgIpc) is 3.28. The van der Waals surface area contributed by atoms with Crippen LogP contribution in [0.3, 0.4) is 0 Å². The fourth-order valence-corrected chi connectivity index (χ4v) is 6.79. The number of piperidine rings is 1. The highest BCUT2D eigenvalue weighted by atomic mass is 79.9. The van der Waals surface area contributed by atoms with Gasteiger partial charge in [0.25, 0.3) is 0 Å². The summed E-state index contributed by atoms with van der Waals surface area (Å²) in [5, 5.41) is 10.3. The molecule has 3 heterocycles. The molecule has 1 N–H and O–H groups in total. The summed E-state index contributed by atoms with van der Waals surface area (Å²) in [6.45, 7) is 7.35. The molecule has 0 unspecified atom stereocenters. The molecule has 4 rings (SSSR count). The first-order valence-corrected chi connectivity index (χ1v) is 12.9. The van der Waals surface area contributed by atoms with Crippen LogP contribution in [0.2, 0.25) is 0 Å². The number of hydrogen-bond donors (Lipinski definition) is 1. The highest BCUT2D eigenvalue weighted by Gasteiger charge is 2.54. The minimum atomic E-state index is -3.47. The van der Waals surface area contributed by atoms with Crippen LogP contribution in [-0.4, -0.2) is 60.9 Å². The fourth-order valence-electron chi connectivity index (χ4n) is 5.08. The van der Waals surface area contributed by atoms with Crippen LogP contribution in [-0.2, 0) is 19.5 Å². The molecule has 8 heteroatoms. The van der Waals surface area contributed by atoms with Gasteiger partial charge in [0.05, 0.1) is 34.9 Å². The van der Waals surface area contributed by atoms with Crippen LogP contribution in [0.4, 0.5) is 0 Å². The molecule has 3 aliphatic heterocycles. The summed E-state index contributed by atoms with van der Waals surface area (Å²) in [5.74, 6) is 0. The Morgan fingerprint density at radius 1 is 1.17 bits per heavy atom. The highest BCUT2D eigenvalue weighted by Crippen LogP contribution is 2.49. The molecule has 0 saturated carbocycles. The van der Waals surface area contributed by atoms with Crippen molar-refractivity contribution in [3.8, 4) is 0 Å². The molecule has 0 radical (unpaired) electrons. The average molecular weight is 502 g/mol. The Hall–Kier alpha value is -0.510. The molecule has 0 amide bonds. The summed E-state index contributed by atoms with van der Waals surface area (Å²) >= 11 is 3.35. The molecule has 1 aromatic carbocycles. The van der Waals surface area contributed by atoms with E-state index in [1.54, 1.807) is 42.4 Å². The molecule has 6 nitrogen and oxygen atoms in total. The second-order valence-electron chi connectivity index (χ2n) is 9.97. The van der Waals surface area contributed by atoms with Crippen LogP contribution in [0.5, 0.6) is 0 Å². The Bertz CT molecular complexity index is 874. The maximum absolute atomic E-state index is 13.0. The summed E-state index contributed by atoms with van der Waals surface area (Å²) in [5.41, 5.74) is -1.24. The predicted octanol–water partition coefficient (Wildman–Crippen LogP) is 3.72. The molecule has 0 aromatic heterocycles. The van der Waals surface area contributed by atoms with Gasteiger partial charge in [-0.1, -0.05) is 15.9 Å². The minimum Gasteiger partial charge on any atom is -0.388 e. The first-order chi connectivity index (χ1) is 13.9. The number of benzene rings is 1. The fraction of sp³-hybridized carbons (Fsp3) is 0.727. The molecular weight excluding hydrogens is 470 g/mol. The number of rotatable bonds is 4. The van der Waals surface area contributed by atoms with Crippen molar-refractivity contribution in [2.24, 2.45) is 5.41 Å². The maximum Gasteiger partial charge on any atom is 0.243 e. The van der Waals surface area contributed by atoms with Gasteiger partial charge in [-0.15, -0.1) is 0 Å². The van der Waals surface area contributed by atoms with Crippen LogP contribution in [0.25, 0.3) is 0 Å². The third-order valence-corrected chi connectivity index (χ3v) is 9.67. The van der Waals surface area contributed by atoms with Crippen molar-refractivity contribution in [3.05, 3.63) is 28.7 Å². The normalized spacial score (nSPS) is 32.7. The van der Waals surface area contributed by atoms with Crippen LogP contribution in [0, 0.1) is 5.41 Å². The van der Waals surface area contributed by atoms with E-state index in [1.165, 1.54) is 0 Å². The molecule has 30 heavy (non-hydrogen) atoms. The third kappa shape index (κ3) is 4.24. The number of aliphatic hydroxyl groups is 1. The smallest absolute Gasteiger partial charge is 0.243 e. The molecule has 168 valence electrons. The van der Waals surface area contributed by atoms with Crippen molar-refractivity contribution in [1.82, 2.24) is 4.31 Å². The van der Waals surface area contributed by atoms with E-state index in [9.17, 15) is 13.5 Å². The summed E-state index contributed by atoms with van der Waals surface area (Å²) < 4.78 is 41.0. The molecule has 3 saturated heterocycles. The van der Waals surface area contributed by atoms with E-state index in [0.29, 0.717) is 24.6 Å². The molecule has 3 aliphatic rings. The van der Waals surface area contributed by atoms with E-state index in [0.717, 1.165) is 36.6 Å². The molecule has 0 aliphatic carbocycles. The van der Waals surface area contributed by atoms with Crippen LogP contribution >= 0.6 is 15.9 Å². The van der Waals surface area contributed by atoms with Gasteiger partial charge in [0, 0.05) is 17.6 Å². The first kappa shape index (κ1) is 22.7. The summed E-state index contributed by atoms with van der Waals surface area (Å²) in [6, 6.07) is 6.82. The quantitative estimate of drug-likeness (QED) is 0.680. The maximum atomic E-state index is 13.0. The number of nitrogens with zero attached hydrogens (tertiary/aromatic N) is 1. The van der Waals surface area contributed by atoms with E-state index >= 15 is 0 Å². The van der Waals surface area contributed by atoms with Gasteiger partial charge in [-0.3, -0.25) is 0 Å². The Kier molecular flexibility index (Phi) is 5.91. The van der Waals surface area contributed by atoms with Crippen LogP contribution in [0.15, 0.2) is 33.6 Å². The van der Waals surface area contributed by atoms with E-state index < -0.39 is 21.2 Å². The monoisotopic (exact) mass is 501 g/mol. The Morgan fingerprint density at radius 2 is 1.80 bits per heavy atom. The van der Waals surface area contributed by atoms with Crippen molar-refractivity contribution in [3.63, 3.8) is 0 Å². The Labute approximate surface area is 188 Å². The largest absolute Gasteiger partial charge is 0.388 e. The van der Waals surface area contributed by atoms with E-state index in [1.807, 2.05) is 0 Å². The SMILES string of the molecule is CC(C)(O)[C@@H]1CC[C@](C)([C@@H]2CC3(CCN(S(=O)(=O)c4ccc(Br)cc4)CC3)CO2)O1. The first-order valence-electron chi connectivity index (χ1n) is 10.7. The zero-order valence-corrected chi connectivity index (χ0v) is 20.3.